The monoisotopic (exact) mass is 898 g/mol. The van der Waals surface area contributed by atoms with Crippen LogP contribution in [-0.4, -0.2) is 11.9 Å². The zero-order valence-electron chi connectivity index (χ0n) is 39.1. The molecule has 0 aromatic heterocycles. The molecule has 0 spiro atoms. The van der Waals surface area contributed by atoms with E-state index in [1.807, 2.05) is 97.1 Å². The zero-order chi connectivity index (χ0) is 46.9. The van der Waals surface area contributed by atoms with Gasteiger partial charge < -0.3 is 9.47 Å². The topological polar surface area (TPSA) is 102 Å². The standard InChI is InChI=1S/C60H58N4O4/c1-3-5-7-9-11-17-43-23-27-47(28-24-43)59(65)67-51-37-33-49(34-38-51)61-63-55-41-31-45-19-13-15-21-53(45)57(55)58-54-22-16-14-20-46(54)32-42-56(58)64-62-50-35-39-52(40-36-50)68-60(66)48-29-25-44(26-30-48)18-12-10-8-6-4-2/h13-16,19-42H,3-12,17-18H2,1-2H3. The second kappa shape index (κ2) is 23.7. The average Bonchev–Trinajstić information content (AvgIpc) is 3.38. The molecule has 8 heteroatoms. The Morgan fingerprint density at radius 3 is 1.16 bits per heavy atom. The number of aryl methyl sites for hydroxylation is 2. The molecule has 8 aromatic rings. The summed E-state index contributed by atoms with van der Waals surface area (Å²) in [7, 11) is 0. The first-order valence-corrected chi connectivity index (χ1v) is 24.2. The molecular formula is C60H58N4O4. The van der Waals surface area contributed by atoms with Gasteiger partial charge >= 0.3 is 11.9 Å². The second-order valence-corrected chi connectivity index (χ2v) is 17.3. The normalized spacial score (nSPS) is 11.5. The van der Waals surface area contributed by atoms with Crippen molar-refractivity contribution in [2.45, 2.75) is 90.9 Å². The van der Waals surface area contributed by atoms with E-state index in [0.717, 1.165) is 58.4 Å². The number of fused-ring (bicyclic) bond motifs is 2. The number of ether oxygens (including phenoxy) is 2. The third-order valence-electron chi connectivity index (χ3n) is 12.2. The molecule has 8 rings (SSSR count). The van der Waals surface area contributed by atoms with Gasteiger partial charge in [0.2, 0.25) is 0 Å². The summed E-state index contributed by atoms with van der Waals surface area (Å²) in [5.41, 5.74) is 7.72. The molecule has 0 heterocycles. The molecule has 0 bridgehead atoms. The van der Waals surface area contributed by atoms with E-state index in [1.165, 1.54) is 62.5 Å². The highest BCUT2D eigenvalue weighted by molar-refractivity contribution is 6.12. The summed E-state index contributed by atoms with van der Waals surface area (Å²) in [6, 6.07) is 53.9. The maximum absolute atomic E-state index is 13.0. The number of benzene rings is 8. The number of esters is 2. The summed E-state index contributed by atoms with van der Waals surface area (Å²) >= 11 is 0. The Hall–Kier alpha value is -7.58. The van der Waals surface area contributed by atoms with Gasteiger partial charge in [0.25, 0.3) is 0 Å². The van der Waals surface area contributed by atoms with Crippen molar-refractivity contribution in [3.05, 3.63) is 192 Å². The van der Waals surface area contributed by atoms with Gasteiger partial charge in [-0.15, -0.1) is 10.2 Å². The van der Waals surface area contributed by atoms with Crippen LogP contribution in [0.2, 0.25) is 0 Å². The molecule has 0 N–H and O–H groups in total. The first-order valence-electron chi connectivity index (χ1n) is 24.2. The highest BCUT2D eigenvalue weighted by Gasteiger charge is 2.18. The quantitative estimate of drug-likeness (QED) is 0.0310. The third-order valence-corrected chi connectivity index (χ3v) is 12.2. The first kappa shape index (κ1) is 46.9. The molecule has 0 atom stereocenters. The molecule has 0 saturated heterocycles. The van der Waals surface area contributed by atoms with Gasteiger partial charge in [-0.3, -0.25) is 0 Å². The van der Waals surface area contributed by atoms with Crippen LogP contribution in [0.1, 0.15) is 110 Å². The number of rotatable bonds is 21. The van der Waals surface area contributed by atoms with Gasteiger partial charge in [-0.25, -0.2) is 9.59 Å². The second-order valence-electron chi connectivity index (χ2n) is 17.3. The van der Waals surface area contributed by atoms with E-state index in [9.17, 15) is 9.59 Å². The van der Waals surface area contributed by atoms with Crippen LogP contribution in [0.25, 0.3) is 32.7 Å². The molecule has 68 heavy (non-hydrogen) atoms. The summed E-state index contributed by atoms with van der Waals surface area (Å²) in [6.45, 7) is 4.45. The Labute approximate surface area is 399 Å². The highest BCUT2D eigenvalue weighted by Crippen LogP contribution is 2.46. The highest BCUT2D eigenvalue weighted by atomic mass is 16.5. The first-order chi connectivity index (χ1) is 33.4. The van der Waals surface area contributed by atoms with Crippen LogP contribution in [-0.2, 0) is 12.8 Å². The summed E-state index contributed by atoms with van der Waals surface area (Å²) < 4.78 is 11.4. The average molecular weight is 899 g/mol. The Kier molecular flexibility index (Phi) is 16.4. The van der Waals surface area contributed by atoms with Crippen LogP contribution >= 0.6 is 0 Å². The van der Waals surface area contributed by atoms with Crippen molar-refractivity contribution in [3.63, 3.8) is 0 Å². The minimum absolute atomic E-state index is 0.407. The van der Waals surface area contributed by atoms with Crippen LogP contribution in [0.3, 0.4) is 0 Å². The van der Waals surface area contributed by atoms with Gasteiger partial charge in [0.05, 0.1) is 33.9 Å². The molecule has 0 saturated carbocycles. The van der Waals surface area contributed by atoms with E-state index in [-0.39, 0.29) is 0 Å². The molecule has 0 fully saturated rings. The summed E-state index contributed by atoms with van der Waals surface area (Å²) in [4.78, 5) is 26.1. The Balaban J connectivity index is 0.986. The van der Waals surface area contributed by atoms with Crippen molar-refractivity contribution in [2.24, 2.45) is 20.5 Å². The van der Waals surface area contributed by atoms with E-state index in [4.69, 9.17) is 19.7 Å². The molecule has 0 aliphatic heterocycles. The number of nitrogens with zero attached hydrogens (tertiary/aromatic N) is 4. The van der Waals surface area contributed by atoms with Crippen molar-refractivity contribution in [2.75, 3.05) is 0 Å². The van der Waals surface area contributed by atoms with E-state index in [2.05, 4.69) is 48.3 Å². The number of carbonyl (C=O) groups is 2. The van der Waals surface area contributed by atoms with E-state index in [0.29, 0.717) is 45.4 Å². The largest absolute Gasteiger partial charge is 0.423 e. The van der Waals surface area contributed by atoms with E-state index in [1.54, 1.807) is 48.5 Å². The van der Waals surface area contributed by atoms with E-state index >= 15 is 0 Å². The third kappa shape index (κ3) is 12.4. The number of unbranched alkanes of at least 4 members (excludes halogenated alkanes) is 8. The fraction of sp³-hybridized carbons (Fsp3) is 0.233. The molecule has 0 radical (unpaired) electrons. The number of hydrogen-bond donors (Lipinski definition) is 0. The van der Waals surface area contributed by atoms with Gasteiger partial charge in [0.15, 0.2) is 0 Å². The van der Waals surface area contributed by atoms with Crippen LogP contribution in [0.15, 0.2) is 190 Å². The molecule has 8 nitrogen and oxygen atoms in total. The van der Waals surface area contributed by atoms with Gasteiger partial charge in [0.1, 0.15) is 11.5 Å². The van der Waals surface area contributed by atoms with Crippen molar-refractivity contribution >= 4 is 56.2 Å². The predicted octanol–water partition coefficient (Wildman–Crippen LogP) is 18.0. The molecule has 8 aromatic carbocycles. The molecule has 0 aliphatic carbocycles. The lowest BCUT2D eigenvalue weighted by Gasteiger charge is -2.15. The van der Waals surface area contributed by atoms with Gasteiger partial charge in [-0.2, -0.15) is 10.2 Å². The van der Waals surface area contributed by atoms with Gasteiger partial charge in [-0.05, 0) is 143 Å². The summed E-state index contributed by atoms with van der Waals surface area (Å²) in [5.74, 6) is 0.0309. The molecular weight excluding hydrogens is 841 g/mol. The lowest BCUT2D eigenvalue weighted by molar-refractivity contribution is 0.0725. The van der Waals surface area contributed by atoms with Crippen LogP contribution in [0, 0.1) is 0 Å². The lowest BCUT2D eigenvalue weighted by Crippen LogP contribution is -2.08. The number of azo groups is 2. The fourth-order valence-electron chi connectivity index (χ4n) is 8.41. The van der Waals surface area contributed by atoms with Crippen LogP contribution < -0.4 is 9.47 Å². The molecule has 342 valence electrons. The molecule has 0 aliphatic rings. The minimum atomic E-state index is -0.407. The van der Waals surface area contributed by atoms with Gasteiger partial charge in [-0.1, -0.05) is 150 Å². The number of carbonyl (C=O) groups excluding carboxylic acids is 2. The minimum Gasteiger partial charge on any atom is -0.423 e. The van der Waals surface area contributed by atoms with Crippen molar-refractivity contribution in [1.82, 2.24) is 0 Å². The van der Waals surface area contributed by atoms with Crippen LogP contribution in [0.4, 0.5) is 22.7 Å². The van der Waals surface area contributed by atoms with Gasteiger partial charge in [0, 0.05) is 11.1 Å². The smallest absolute Gasteiger partial charge is 0.343 e. The SMILES string of the molecule is CCCCCCCc1ccc(C(=O)Oc2ccc(N=Nc3ccc4ccccc4c3-c3c(N=Nc4ccc(OC(=O)c5ccc(CCCCCCC)cc5)cc4)ccc4ccccc34)cc2)cc1. The van der Waals surface area contributed by atoms with Crippen molar-refractivity contribution in [3.8, 4) is 22.6 Å². The zero-order valence-corrected chi connectivity index (χ0v) is 39.1. The lowest BCUT2D eigenvalue weighted by atomic mass is 9.91. The molecule has 0 unspecified atom stereocenters. The number of hydrogen-bond acceptors (Lipinski definition) is 8. The van der Waals surface area contributed by atoms with E-state index < -0.39 is 11.9 Å². The summed E-state index contributed by atoms with van der Waals surface area (Å²) in [5, 5.41) is 23.1. The van der Waals surface area contributed by atoms with Crippen molar-refractivity contribution < 1.29 is 19.1 Å². The fourth-order valence-corrected chi connectivity index (χ4v) is 8.41. The Morgan fingerprint density at radius 1 is 0.382 bits per heavy atom. The predicted molar refractivity (Wildman–Crippen MR) is 276 cm³/mol. The maximum Gasteiger partial charge on any atom is 0.343 e. The Bertz CT molecular complexity index is 2790. The van der Waals surface area contributed by atoms with Crippen LogP contribution in [0.5, 0.6) is 11.5 Å². The summed E-state index contributed by atoms with van der Waals surface area (Å²) in [6.07, 6.45) is 14.3. The van der Waals surface area contributed by atoms with Crippen molar-refractivity contribution in [1.29, 1.82) is 0 Å². The maximum atomic E-state index is 13.0. The molecule has 0 amide bonds. The Morgan fingerprint density at radius 2 is 0.765 bits per heavy atom.